The van der Waals surface area contributed by atoms with Gasteiger partial charge in [-0.1, -0.05) is 25.7 Å². The minimum Gasteiger partial charge on any atom is -0.497 e. The second-order valence-corrected chi connectivity index (χ2v) is 7.60. The van der Waals surface area contributed by atoms with Crippen LogP contribution in [0.25, 0.3) is 0 Å². The summed E-state index contributed by atoms with van der Waals surface area (Å²) in [5.74, 6) is 0.761. The minimum absolute atomic E-state index is 0.0417. The van der Waals surface area contributed by atoms with Crippen molar-refractivity contribution in [3.8, 4) is 5.75 Å². The van der Waals surface area contributed by atoms with Crippen molar-refractivity contribution < 1.29 is 14.3 Å². The number of nitrogens with one attached hydrogen (secondary N) is 2. The third-order valence-corrected chi connectivity index (χ3v) is 5.59. The molecule has 2 amide bonds. The molecule has 0 radical (unpaired) electrons. The molecule has 1 aliphatic heterocycles. The van der Waals surface area contributed by atoms with E-state index >= 15 is 0 Å². The van der Waals surface area contributed by atoms with Gasteiger partial charge in [0.1, 0.15) is 5.75 Å². The Bertz CT molecular complexity index is 624. The van der Waals surface area contributed by atoms with Crippen LogP contribution in [0.5, 0.6) is 5.75 Å². The van der Waals surface area contributed by atoms with Gasteiger partial charge in [-0.25, -0.2) is 0 Å². The number of carbonyl (C=O) groups is 2. The molecule has 0 bridgehead atoms. The molecule has 1 aromatic rings. The first-order valence-corrected chi connectivity index (χ1v) is 10.1. The summed E-state index contributed by atoms with van der Waals surface area (Å²) in [5.41, 5.74) is 0.746. The predicted octanol–water partition coefficient (Wildman–Crippen LogP) is 2.94. The summed E-state index contributed by atoms with van der Waals surface area (Å²) in [4.78, 5) is 27.2. The Morgan fingerprint density at radius 1 is 1.04 bits per heavy atom. The summed E-state index contributed by atoms with van der Waals surface area (Å²) in [5, 5.41) is 6.14. The number of hydrogen-bond donors (Lipinski definition) is 2. The Kier molecular flexibility index (Phi) is 7.10. The Morgan fingerprint density at radius 3 is 2.41 bits per heavy atom. The van der Waals surface area contributed by atoms with Crippen molar-refractivity contribution >= 4 is 17.5 Å². The fraction of sp³-hybridized carbons (Fsp3) is 0.619. The number of hydrogen-bond acceptors (Lipinski definition) is 4. The van der Waals surface area contributed by atoms with E-state index in [9.17, 15) is 9.59 Å². The van der Waals surface area contributed by atoms with E-state index in [0.29, 0.717) is 12.6 Å². The zero-order valence-electron chi connectivity index (χ0n) is 16.2. The first-order chi connectivity index (χ1) is 13.2. The van der Waals surface area contributed by atoms with Crippen LogP contribution >= 0.6 is 0 Å². The molecule has 2 aliphatic rings. The fourth-order valence-electron chi connectivity index (χ4n) is 4.09. The second kappa shape index (κ2) is 9.74. The number of carbonyl (C=O) groups excluding carboxylic acids is 2. The molecule has 1 atom stereocenters. The van der Waals surface area contributed by atoms with E-state index in [2.05, 4.69) is 10.6 Å². The third kappa shape index (κ3) is 5.70. The van der Waals surface area contributed by atoms with Crippen LogP contribution in [0, 0.1) is 0 Å². The number of ether oxygens (including phenoxy) is 1. The van der Waals surface area contributed by atoms with E-state index in [4.69, 9.17) is 4.74 Å². The molecule has 1 aromatic carbocycles. The van der Waals surface area contributed by atoms with Gasteiger partial charge in [0.15, 0.2) is 0 Å². The van der Waals surface area contributed by atoms with Crippen LogP contribution < -0.4 is 15.4 Å². The van der Waals surface area contributed by atoms with Gasteiger partial charge in [-0.15, -0.1) is 0 Å². The SMILES string of the molecule is COc1ccc(NC(=O)C2CCCN2CC(=O)NC2CCCCCC2)cc1. The highest BCUT2D eigenvalue weighted by molar-refractivity contribution is 5.95. The molecule has 1 aliphatic carbocycles. The van der Waals surface area contributed by atoms with Gasteiger partial charge in [0.05, 0.1) is 19.7 Å². The maximum atomic E-state index is 12.7. The lowest BCUT2D eigenvalue weighted by atomic mass is 10.1. The van der Waals surface area contributed by atoms with Gasteiger partial charge < -0.3 is 15.4 Å². The molecule has 1 heterocycles. The quantitative estimate of drug-likeness (QED) is 0.752. The van der Waals surface area contributed by atoms with Gasteiger partial charge in [0, 0.05) is 11.7 Å². The van der Waals surface area contributed by atoms with Crippen molar-refractivity contribution in [2.75, 3.05) is 25.5 Å². The predicted molar refractivity (Wildman–Crippen MR) is 106 cm³/mol. The summed E-state index contributed by atoms with van der Waals surface area (Å²) in [6, 6.07) is 7.36. The van der Waals surface area contributed by atoms with Gasteiger partial charge in [-0.2, -0.15) is 0 Å². The van der Waals surface area contributed by atoms with Crippen molar-refractivity contribution in [2.24, 2.45) is 0 Å². The molecule has 2 N–H and O–H groups in total. The topological polar surface area (TPSA) is 70.7 Å². The van der Waals surface area contributed by atoms with Crippen LogP contribution in [-0.4, -0.2) is 49.0 Å². The molecule has 6 heteroatoms. The van der Waals surface area contributed by atoms with Crippen molar-refractivity contribution in [3.05, 3.63) is 24.3 Å². The number of rotatable bonds is 6. The highest BCUT2D eigenvalue weighted by Gasteiger charge is 2.32. The van der Waals surface area contributed by atoms with E-state index in [1.165, 1.54) is 25.7 Å². The average molecular weight is 373 g/mol. The highest BCUT2D eigenvalue weighted by atomic mass is 16.5. The Hall–Kier alpha value is -2.08. The maximum absolute atomic E-state index is 12.7. The number of methoxy groups -OCH3 is 1. The summed E-state index contributed by atoms with van der Waals surface area (Å²) < 4.78 is 5.14. The molecule has 1 unspecified atom stereocenters. The first kappa shape index (κ1) is 19.7. The molecular weight excluding hydrogens is 342 g/mol. The molecule has 0 spiro atoms. The average Bonchev–Trinajstić information content (AvgIpc) is 2.97. The van der Waals surface area contributed by atoms with Crippen molar-refractivity contribution in [1.82, 2.24) is 10.2 Å². The van der Waals surface area contributed by atoms with Gasteiger partial charge >= 0.3 is 0 Å². The zero-order valence-corrected chi connectivity index (χ0v) is 16.2. The van der Waals surface area contributed by atoms with Gasteiger partial charge in [0.2, 0.25) is 11.8 Å². The number of likely N-dealkylation sites (tertiary alicyclic amines) is 1. The number of amides is 2. The van der Waals surface area contributed by atoms with Crippen molar-refractivity contribution in [3.63, 3.8) is 0 Å². The summed E-state index contributed by atoms with van der Waals surface area (Å²) in [6.07, 6.45) is 8.82. The maximum Gasteiger partial charge on any atom is 0.241 e. The monoisotopic (exact) mass is 373 g/mol. The molecule has 1 saturated heterocycles. The largest absolute Gasteiger partial charge is 0.497 e. The van der Waals surface area contributed by atoms with Gasteiger partial charge in [-0.05, 0) is 56.5 Å². The van der Waals surface area contributed by atoms with Crippen LogP contribution in [0.1, 0.15) is 51.4 Å². The molecule has 1 saturated carbocycles. The lowest BCUT2D eigenvalue weighted by molar-refractivity contribution is -0.125. The van der Waals surface area contributed by atoms with Crippen molar-refractivity contribution in [2.45, 2.75) is 63.5 Å². The molecular formula is C21H31N3O3. The van der Waals surface area contributed by atoms with Crippen LogP contribution in [0.2, 0.25) is 0 Å². The third-order valence-electron chi connectivity index (χ3n) is 5.59. The standard InChI is InChI=1S/C21H31N3O3/c1-27-18-12-10-17(11-13-18)23-21(26)19-9-6-14-24(19)15-20(25)22-16-7-4-2-3-5-8-16/h10-13,16,19H,2-9,14-15H2,1H3,(H,22,25)(H,23,26). The molecule has 2 fully saturated rings. The first-order valence-electron chi connectivity index (χ1n) is 10.1. The minimum atomic E-state index is -0.244. The fourth-order valence-corrected chi connectivity index (χ4v) is 4.09. The lowest BCUT2D eigenvalue weighted by Gasteiger charge is -2.24. The Labute approximate surface area is 161 Å². The highest BCUT2D eigenvalue weighted by Crippen LogP contribution is 2.21. The van der Waals surface area contributed by atoms with Crippen LogP contribution in [0.4, 0.5) is 5.69 Å². The van der Waals surface area contributed by atoms with E-state index in [1.54, 1.807) is 7.11 Å². The van der Waals surface area contributed by atoms with E-state index < -0.39 is 0 Å². The number of nitrogens with zero attached hydrogens (tertiary/aromatic N) is 1. The molecule has 148 valence electrons. The lowest BCUT2D eigenvalue weighted by Crippen LogP contribution is -2.46. The van der Waals surface area contributed by atoms with E-state index in [1.807, 2.05) is 29.2 Å². The number of benzene rings is 1. The second-order valence-electron chi connectivity index (χ2n) is 7.60. The molecule has 6 nitrogen and oxygen atoms in total. The Morgan fingerprint density at radius 2 is 1.74 bits per heavy atom. The van der Waals surface area contributed by atoms with Gasteiger partial charge in [0.25, 0.3) is 0 Å². The smallest absolute Gasteiger partial charge is 0.241 e. The van der Waals surface area contributed by atoms with E-state index in [-0.39, 0.29) is 17.9 Å². The molecule has 0 aromatic heterocycles. The number of anilines is 1. The van der Waals surface area contributed by atoms with Crippen molar-refractivity contribution in [1.29, 1.82) is 0 Å². The Balaban J connectivity index is 1.50. The summed E-state index contributed by atoms with van der Waals surface area (Å²) >= 11 is 0. The molecule has 27 heavy (non-hydrogen) atoms. The molecule has 3 rings (SSSR count). The zero-order chi connectivity index (χ0) is 19.1. The normalized spacial score (nSPS) is 21.4. The van der Waals surface area contributed by atoms with Gasteiger partial charge in [-0.3, -0.25) is 14.5 Å². The van der Waals surface area contributed by atoms with Crippen LogP contribution in [0.15, 0.2) is 24.3 Å². The summed E-state index contributed by atoms with van der Waals surface area (Å²) in [7, 11) is 1.62. The van der Waals surface area contributed by atoms with Crippen LogP contribution in [0.3, 0.4) is 0 Å². The van der Waals surface area contributed by atoms with E-state index in [0.717, 1.165) is 43.7 Å². The van der Waals surface area contributed by atoms with Crippen LogP contribution in [-0.2, 0) is 9.59 Å². The summed E-state index contributed by atoms with van der Waals surface area (Å²) in [6.45, 7) is 1.09.